The number of H-pyrrole nitrogens is 1. The quantitative estimate of drug-likeness (QED) is 0.742. The van der Waals surface area contributed by atoms with Gasteiger partial charge in [0.15, 0.2) is 0 Å². The fourth-order valence-corrected chi connectivity index (χ4v) is 4.85. The standard InChI is InChI=1S/C19H22N6O2/c1-23-12-5-4-6-13(23)10-14(9-12)24-16-8-3-2-7-15(16)22-17(18(24)26)25-19(27)20-11-21-25/h2-3,7-8,11-14H,4-6,9-10H2,1H3,(H,20,21,27)/t12-,13+,14?. The van der Waals surface area contributed by atoms with Crippen LogP contribution in [0, 0.1) is 0 Å². The highest BCUT2D eigenvalue weighted by Crippen LogP contribution is 2.38. The lowest BCUT2D eigenvalue weighted by molar-refractivity contribution is 0.0402. The van der Waals surface area contributed by atoms with Crippen molar-refractivity contribution in [2.24, 2.45) is 0 Å². The summed E-state index contributed by atoms with van der Waals surface area (Å²) in [5.41, 5.74) is 0.811. The van der Waals surface area contributed by atoms with Crippen molar-refractivity contribution in [2.45, 2.75) is 50.2 Å². The summed E-state index contributed by atoms with van der Waals surface area (Å²) >= 11 is 0. The molecule has 1 N–H and O–H groups in total. The molecule has 140 valence electrons. The van der Waals surface area contributed by atoms with Gasteiger partial charge in [-0.25, -0.2) is 9.78 Å². The summed E-state index contributed by atoms with van der Waals surface area (Å²) < 4.78 is 2.91. The minimum atomic E-state index is -0.457. The SMILES string of the molecule is CN1[C@@H]2CCC[C@H]1CC(n1c(=O)c(-n3nc[nH]c3=O)nc3ccccc31)C2. The zero-order chi connectivity index (χ0) is 18.5. The molecule has 0 spiro atoms. The van der Waals surface area contributed by atoms with Gasteiger partial charge in [0.2, 0.25) is 5.82 Å². The number of hydrogen-bond donors (Lipinski definition) is 1. The van der Waals surface area contributed by atoms with E-state index in [9.17, 15) is 9.59 Å². The second-order valence-electron chi connectivity index (χ2n) is 7.63. The second-order valence-corrected chi connectivity index (χ2v) is 7.63. The molecule has 3 aromatic rings. The van der Waals surface area contributed by atoms with Crippen molar-refractivity contribution in [1.82, 2.24) is 29.2 Å². The number of hydrogen-bond acceptors (Lipinski definition) is 5. The number of nitrogens with one attached hydrogen (secondary N) is 1. The average molecular weight is 366 g/mol. The Morgan fingerprint density at radius 2 is 1.81 bits per heavy atom. The molecular formula is C19H22N6O2. The number of nitrogens with zero attached hydrogens (tertiary/aromatic N) is 5. The van der Waals surface area contributed by atoms with E-state index >= 15 is 0 Å². The molecule has 0 aliphatic carbocycles. The van der Waals surface area contributed by atoms with Gasteiger partial charge >= 0.3 is 5.69 Å². The third-order valence-corrected chi connectivity index (χ3v) is 6.21. The van der Waals surface area contributed by atoms with Gasteiger partial charge in [0.05, 0.1) is 11.0 Å². The van der Waals surface area contributed by atoms with Crippen LogP contribution in [0.4, 0.5) is 0 Å². The van der Waals surface area contributed by atoms with Crippen molar-refractivity contribution in [3.63, 3.8) is 0 Å². The Hall–Kier alpha value is -2.74. The summed E-state index contributed by atoms with van der Waals surface area (Å²) in [4.78, 5) is 34.9. The first-order valence-corrected chi connectivity index (χ1v) is 9.50. The molecule has 0 saturated carbocycles. The van der Waals surface area contributed by atoms with E-state index < -0.39 is 5.69 Å². The lowest BCUT2D eigenvalue weighted by Crippen LogP contribution is -2.51. The Morgan fingerprint density at radius 3 is 2.52 bits per heavy atom. The minimum absolute atomic E-state index is 0.0593. The molecule has 2 fully saturated rings. The Morgan fingerprint density at radius 1 is 1.07 bits per heavy atom. The van der Waals surface area contributed by atoms with Crippen LogP contribution in [0.5, 0.6) is 0 Å². The van der Waals surface area contributed by atoms with E-state index in [1.165, 1.54) is 25.6 Å². The molecule has 5 rings (SSSR count). The van der Waals surface area contributed by atoms with E-state index in [0.717, 1.165) is 23.0 Å². The van der Waals surface area contributed by atoms with Gasteiger partial charge in [0, 0.05) is 18.1 Å². The average Bonchev–Trinajstić information content (AvgIpc) is 3.07. The smallest absolute Gasteiger partial charge is 0.300 e. The van der Waals surface area contributed by atoms with Gasteiger partial charge in [0.25, 0.3) is 5.56 Å². The molecule has 3 atom stereocenters. The third-order valence-electron chi connectivity index (χ3n) is 6.21. The first-order valence-electron chi connectivity index (χ1n) is 9.50. The van der Waals surface area contributed by atoms with E-state index in [1.54, 1.807) is 0 Å². The maximum absolute atomic E-state index is 13.4. The number of benzene rings is 1. The van der Waals surface area contributed by atoms with Gasteiger partial charge in [-0.2, -0.15) is 9.78 Å². The number of aromatic amines is 1. The van der Waals surface area contributed by atoms with Gasteiger partial charge in [-0.3, -0.25) is 9.78 Å². The number of fused-ring (bicyclic) bond motifs is 3. The lowest BCUT2D eigenvalue weighted by Gasteiger charge is -2.47. The summed E-state index contributed by atoms with van der Waals surface area (Å²) in [5.74, 6) is 0.0593. The summed E-state index contributed by atoms with van der Waals surface area (Å²) in [5, 5.41) is 3.97. The van der Waals surface area contributed by atoms with Crippen molar-refractivity contribution in [2.75, 3.05) is 7.05 Å². The highest BCUT2D eigenvalue weighted by atomic mass is 16.2. The lowest BCUT2D eigenvalue weighted by atomic mass is 9.82. The minimum Gasteiger partial charge on any atom is -0.300 e. The fourth-order valence-electron chi connectivity index (χ4n) is 4.85. The number of aromatic nitrogens is 5. The first kappa shape index (κ1) is 16.4. The van der Waals surface area contributed by atoms with E-state index in [2.05, 4.69) is 27.0 Å². The van der Waals surface area contributed by atoms with Crippen LogP contribution in [-0.4, -0.2) is 48.3 Å². The van der Waals surface area contributed by atoms with E-state index in [1.807, 2.05) is 28.8 Å². The molecule has 2 aromatic heterocycles. The molecule has 27 heavy (non-hydrogen) atoms. The van der Waals surface area contributed by atoms with Crippen LogP contribution >= 0.6 is 0 Å². The van der Waals surface area contributed by atoms with E-state index in [0.29, 0.717) is 17.6 Å². The molecular weight excluding hydrogens is 344 g/mol. The van der Waals surface area contributed by atoms with Crippen LogP contribution in [0.15, 0.2) is 40.2 Å². The molecule has 2 aliphatic rings. The zero-order valence-corrected chi connectivity index (χ0v) is 15.2. The van der Waals surface area contributed by atoms with Crippen molar-refractivity contribution >= 4 is 11.0 Å². The largest absolute Gasteiger partial charge is 0.349 e. The fraction of sp³-hybridized carbons (Fsp3) is 0.474. The monoisotopic (exact) mass is 366 g/mol. The summed E-state index contributed by atoms with van der Waals surface area (Å²) in [7, 11) is 2.20. The highest BCUT2D eigenvalue weighted by molar-refractivity contribution is 5.75. The molecule has 2 bridgehead atoms. The molecule has 1 unspecified atom stereocenters. The number of rotatable bonds is 2. The van der Waals surface area contributed by atoms with Gasteiger partial charge in [0.1, 0.15) is 6.33 Å². The maximum Gasteiger partial charge on any atom is 0.349 e. The normalized spacial score (nSPS) is 25.7. The van der Waals surface area contributed by atoms with Gasteiger partial charge < -0.3 is 9.47 Å². The molecule has 4 heterocycles. The maximum atomic E-state index is 13.4. The van der Waals surface area contributed by atoms with Crippen LogP contribution < -0.4 is 11.2 Å². The van der Waals surface area contributed by atoms with E-state index in [-0.39, 0.29) is 17.4 Å². The van der Waals surface area contributed by atoms with E-state index in [4.69, 9.17) is 0 Å². The number of para-hydroxylation sites is 2. The molecule has 1 aromatic carbocycles. The Bertz CT molecular complexity index is 1100. The first-order chi connectivity index (χ1) is 13.1. The Kier molecular flexibility index (Phi) is 3.75. The van der Waals surface area contributed by atoms with Crippen LogP contribution in [0.2, 0.25) is 0 Å². The topological polar surface area (TPSA) is 88.8 Å². The molecule has 2 aliphatic heterocycles. The summed E-state index contributed by atoms with van der Waals surface area (Å²) in [6.07, 6.45) is 6.76. The third kappa shape index (κ3) is 2.55. The molecule has 0 radical (unpaired) electrons. The molecule has 8 nitrogen and oxygen atoms in total. The van der Waals surface area contributed by atoms with Crippen molar-refractivity contribution in [3.8, 4) is 5.82 Å². The Balaban J connectivity index is 1.72. The Labute approximate surface area is 155 Å². The summed E-state index contributed by atoms with van der Waals surface area (Å²) in [6.45, 7) is 0. The molecule has 8 heteroatoms. The van der Waals surface area contributed by atoms with Crippen molar-refractivity contribution in [3.05, 3.63) is 51.4 Å². The molecule has 0 amide bonds. The van der Waals surface area contributed by atoms with Crippen LogP contribution in [0.25, 0.3) is 16.9 Å². The molecule has 2 saturated heterocycles. The van der Waals surface area contributed by atoms with Crippen LogP contribution in [0.1, 0.15) is 38.1 Å². The second kappa shape index (κ2) is 6.16. The zero-order valence-electron chi connectivity index (χ0n) is 15.2. The van der Waals surface area contributed by atoms with Crippen LogP contribution in [0.3, 0.4) is 0 Å². The number of piperidine rings is 2. The van der Waals surface area contributed by atoms with Crippen molar-refractivity contribution < 1.29 is 0 Å². The summed E-state index contributed by atoms with van der Waals surface area (Å²) in [6, 6.07) is 8.74. The van der Waals surface area contributed by atoms with Gasteiger partial charge in [-0.05, 0) is 44.9 Å². The van der Waals surface area contributed by atoms with Crippen LogP contribution in [-0.2, 0) is 0 Å². The van der Waals surface area contributed by atoms with Gasteiger partial charge in [-0.15, -0.1) is 0 Å². The predicted octanol–water partition coefficient (Wildman–Crippen LogP) is 1.46. The predicted molar refractivity (Wildman–Crippen MR) is 101 cm³/mol. The van der Waals surface area contributed by atoms with Gasteiger partial charge in [-0.1, -0.05) is 18.6 Å². The van der Waals surface area contributed by atoms with Crippen molar-refractivity contribution in [1.29, 1.82) is 0 Å². The highest BCUT2D eigenvalue weighted by Gasteiger charge is 2.37.